The van der Waals surface area contributed by atoms with Crippen molar-refractivity contribution in [3.63, 3.8) is 0 Å². The summed E-state index contributed by atoms with van der Waals surface area (Å²) in [5, 5.41) is 14.9. The number of carbonyl (C=O) groups is 2. The van der Waals surface area contributed by atoms with Gasteiger partial charge in [0.25, 0.3) is 5.91 Å². The van der Waals surface area contributed by atoms with Crippen LogP contribution in [0.4, 0.5) is 0 Å². The fourth-order valence-electron chi connectivity index (χ4n) is 2.54. The lowest BCUT2D eigenvalue weighted by Gasteiger charge is -2.21. The molecule has 3 rings (SSSR count). The van der Waals surface area contributed by atoms with E-state index in [-0.39, 0.29) is 28.9 Å². The third-order valence-corrected chi connectivity index (χ3v) is 5.32. The number of hydrogen-bond donors (Lipinski definition) is 1. The minimum absolute atomic E-state index is 0.0479. The lowest BCUT2D eigenvalue weighted by molar-refractivity contribution is -0.255. The number of hydrogen-bond acceptors (Lipinski definition) is 6. The molecule has 1 N–H and O–H groups in total. The maximum absolute atomic E-state index is 12.3. The highest BCUT2D eigenvalue weighted by Crippen LogP contribution is 2.30. The number of carboxylic acids is 1. The minimum atomic E-state index is -1.37. The van der Waals surface area contributed by atoms with Crippen molar-refractivity contribution in [1.82, 2.24) is 10.3 Å². The van der Waals surface area contributed by atoms with Crippen molar-refractivity contribution in [3.8, 4) is 11.8 Å². The summed E-state index contributed by atoms with van der Waals surface area (Å²) in [6.07, 6.45) is 0. The molecule has 0 aromatic carbocycles. The second-order valence-corrected chi connectivity index (χ2v) is 7.30. The van der Waals surface area contributed by atoms with Gasteiger partial charge in [0.15, 0.2) is 5.84 Å². The monoisotopic (exact) mass is 354 g/mol. The van der Waals surface area contributed by atoms with Crippen molar-refractivity contribution in [3.05, 3.63) is 28.3 Å². The van der Waals surface area contributed by atoms with Crippen molar-refractivity contribution < 1.29 is 14.7 Å². The fraction of sp³-hybridized carbons (Fsp3) is 0.333. The number of rotatable bonds is 3. The van der Waals surface area contributed by atoms with Crippen molar-refractivity contribution in [2.24, 2.45) is 10.9 Å². The Kier molecular flexibility index (Phi) is 4.09. The molecule has 0 fully saturated rings. The summed E-state index contributed by atoms with van der Waals surface area (Å²) in [5.74, 6) is 4.22. The van der Waals surface area contributed by atoms with Crippen LogP contribution in [0.1, 0.15) is 48.6 Å². The van der Waals surface area contributed by atoms with E-state index >= 15 is 0 Å². The van der Waals surface area contributed by atoms with E-state index in [4.69, 9.17) is 0 Å². The number of amidine groups is 1. The summed E-state index contributed by atoms with van der Waals surface area (Å²) < 4.78 is 0. The Morgan fingerprint density at radius 3 is 2.68 bits per heavy atom. The zero-order chi connectivity index (χ0) is 18.4. The van der Waals surface area contributed by atoms with Crippen LogP contribution >= 0.6 is 11.3 Å². The normalized spacial score (nSPS) is 19.6. The molecule has 0 aliphatic carbocycles. The quantitative estimate of drug-likeness (QED) is 0.841. The number of carbonyl (C=O) groups excluding carboxylic acids is 2. The second-order valence-electron chi connectivity index (χ2n) is 6.27. The Labute approximate surface area is 149 Å². The molecule has 1 aliphatic rings. The molecule has 0 saturated heterocycles. The predicted octanol–water partition coefficient (Wildman–Crippen LogP) is 1.32. The number of nitrogens with zero attached hydrogens (tertiary/aromatic N) is 2. The van der Waals surface area contributed by atoms with Gasteiger partial charge in [-0.15, -0.1) is 17.3 Å². The highest BCUT2D eigenvalue weighted by molar-refractivity contribution is 7.19. The van der Waals surface area contributed by atoms with Gasteiger partial charge in [-0.25, -0.2) is 9.98 Å². The first kappa shape index (κ1) is 17.1. The molecule has 6 nitrogen and oxygen atoms in total. The molecule has 3 heterocycles. The van der Waals surface area contributed by atoms with Gasteiger partial charge in [-0.3, -0.25) is 4.79 Å². The number of nitrogens with one attached hydrogen (secondary N) is 1. The molecule has 1 unspecified atom stereocenters. The van der Waals surface area contributed by atoms with Gasteiger partial charge in [-0.2, -0.15) is 0 Å². The standard InChI is InChI=1S/C18H17N3O3S/c1-5-6-11-7-10-8-12(16(22)23)13(19-15(10)25-11)14-20-17(24)18(4,21-14)9(2)3/h7-9H,1-4H3,(H,22,23)(H,20,21,24)/p-1. The summed E-state index contributed by atoms with van der Waals surface area (Å²) in [7, 11) is 0. The summed E-state index contributed by atoms with van der Waals surface area (Å²) in [6, 6.07) is 3.27. The highest BCUT2D eigenvalue weighted by Gasteiger charge is 2.42. The lowest BCUT2D eigenvalue weighted by Crippen LogP contribution is -2.41. The van der Waals surface area contributed by atoms with E-state index in [0.29, 0.717) is 10.2 Å². The van der Waals surface area contributed by atoms with Gasteiger partial charge < -0.3 is 15.2 Å². The Hall–Kier alpha value is -2.72. The van der Waals surface area contributed by atoms with Crippen molar-refractivity contribution in [2.75, 3.05) is 0 Å². The van der Waals surface area contributed by atoms with Crippen LogP contribution in [0.2, 0.25) is 0 Å². The summed E-state index contributed by atoms with van der Waals surface area (Å²) in [6.45, 7) is 7.22. The van der Waals surface area contributed by atoms with Crippen LogP contribution in [0.5, 0.6) is 0 Å². The zero-order valence-electron chi connectivity index (χ0n) is 14.3. The molecule has 2 aromatic rings. The Morgan fingerprint density at radius 1 is 1.40 bits per heavy atom. The first-order chi connectivity index (χ1) is 11.8. The number of pyridine rings is 1. The molecule has 0 saturated carbocycles. The average Bonchev–Trinajstić information content (AvgIpc) is 3.07. The molecule has 2 aromatic heterocycles. The smallest absolute Gasteiger partial charge is 0.253 e. The molecule has 0 radical (unpaired) electrons. The first-order valence-corrected chi connectivity index (χ1v) is 8.58. The van der Waals surface area contributed by atoms with Gasteiger partial charge in [0.2, 0.25) is 0 Å². The number of amides is 1. The van der Waals surface area contributed by atoms with Gasteiger partial charge in [0.1, 0.15) is 16.1 Å². The Bertz CT molecular complexity index is 994. The van der Waals surface area contributed by atoms with Gasteiger partial charge in [0, 0.05) is 10.9 Å². The molecule has 1 amide bonds. The SMILES string of the molecule is CC#Cc1cc2cc(C(=O)[O-])c(C3=NC(C)(C(C)C)C(=O)N3)nc2s1. The van der Waals surface area contributed by atoms with Gasteiger partial charge in [-0.1, -0.05) is 19.8 Å². The van der Waals surface area contributed by atoms with Crippen LogP contribution in [-0.4, -0.2) is 28.2 Å². The first-order valence-electron chi connectivity index (χ1n) is 7.76. The molecule has 1 aliphatic heterocycles. The number of carboxylic acid groups (broad SMARTS) is 1. The van der Waals surface area contributed by atoms with Crippen molar-refractivity contribution in [2.45, 2.75) is 33.2 Å². The summed E-state index contributed by atoms with van der Waals surface area (Å²) >= 11 is 1.36. The topological polar surface area (TPSA) is 94.5 Å². The summed E-state index contributed by atoms with van der Waals surface area (Å²) in [5.41, 5.74) is -0.944. The summed E-state index contributed by atoms with van der Waals surface area (Å²) in [4.78, 5) is 34.2. The van der Waals surface area contributed by atoms with Gasteiger partial charge >= 0.3 is 0 Å². The van der Waals surface area contributed by atoms with Gasteiger partial charge in [0.05, 0.1) is 10.8 Å². The number of fused-ring (bicyclic) bond motifs is 1. The van der Waals surface area contributed by atoms with Crippen LogP contribution in [0.25, 0.3) is 10.2 Å². The maximum atomic E-state index is 12.3. The Morgan fingerprint density at radius 2 is 2.12 bits per heavy atom. The largest absolute Gasteiger partial charge is 0.545 e. The number of aromatic nitrogens is 1. The van der Waals surface area contributed by atoms with E-state index in [2.05, 4.69) is 27.1 Å². The average molecular weight is 354 g/mol. The van der Waals surface area contributed by atoms with E-state index in [1.807, 2.05) is 13.8 Å². The van der Waals surface area contributed by atoms with E-state index in [1.54, 1.807) is 19.9 Å². The molecule has 1 atom stereocenters. The zero-order valence-corrected chi connectivity index (χ0v) is 15.1. The molecule has 0 bridgehead atoms. The van der Waals surface area contributed by atoms with Crippen LogP contribution in [0.15, 0.2) is 17.1 Å². The number of thiophene rings is 1. The number of aliphatic imine (C=N–C) groups is 1. The molecule has 25 heavy (non-hydrogen) atoms. The number of aromatic carboxylic acids is 1. The highest BCUT2D eigenvalue weighted by atomic mass is 32.1. The van der Waals surface area contributed by atoms with E-state index in [1.165, 1.54) is 17.4 Å². The maximum Gasteiger partial charge on any atom is 0.253 e. The van der Waals surface area contributed by atoms with Crippen molar-refractivity contribution in [1.29, 1.82) is 0 Å². The lowest BCUT2D eigenvalue weighted by atomic mass is 9.89. The van der Waals surface area contributed by atoms with E-state index in [9.17, 15) is 14.7 Å². The third-order valence-electron chi connectivity index (χ3n) is 4.36. The predicted molar refractivity (Wildman–Crippen MR) is 94.4 cm³/mol. The minimum Gasteiger partial charge on any atom is -0.545 e. The molecule has 7 heteroatoms. The van der Waals surface area contributed by atoms with Crippen molar-refractivity contribution >= 4 is 39.3 Å². The fourth-order valence-corrected chi connectivity index (χ4v) is 3.46. The molecular weight excluding hydrogens is 338 g/mol. The molecule has 0 spiro atoms. The van der Waals surface area contributed by atoms with Crippen LogP contribution in [0.3, 0.4) is 0 Å². The van der Waals surface area contributed by atoms with E-state index < -0.39 is 11.5 Å². The van der Waals surface area contributed by atoms with E-state index in [0.717, 1.165) is 4.88 Å². The Balaban J connectivity index is 2.21. The van der Waals surface area contributed by atoms with Crippen LogP contribution in [-0.2, 0) is 4.79 Å². The second kappa shape index (κ2) is 5.97. The third kappa shape index (κ3) is 2.79. The van der Waals surface area contributed by atoms with Crippen LogP contribution in [0, 0.1) is 17.8 Å². The molecule has 128 valence electrons. The van der Waals surface area contributed by atoms with Crippen LogP contribution < -0.4 is 10.4 Å². The molecular formula is C18H16N3O3S-. The van der Waals surface area contributed by atoms with Gasteiger partial charge in [-0.05, 0) is 31.9 Å².